The van der Waals surface area contributed by atoms with Crippen molar-refractivity contribution in [2.75, 3.05) is 11.9 Å². The van der Waals surface area contributed by atoms with Crippen LogP contribution in [0.1, 0.15) is 12.5 Å². The summed E-state index contributed by atoms with van der Waals surface area (Å²) in [6.07, 6.45) is -1.30. The Hall–Kier alpha value is -1.92. The van der Waals surface area contributed by atoms with Crippen molar-refractivity contribution >= 4 is 17.5 Å². The number of aliphatic hydroxyl groups is 1. The number of hydrogen-bond donors (Lipinski definition) is 4. The number of rotatable bonds is 6. The molecule has 2 unspecified atom stereocenters. The molecule has 0 aliphatic heterocycles. The van der Waals surface area contributed by atoms with Crippen molar-refractivity contribution < 1.29 is 14.7 Å². The van der Waals surface area contributed by atoms with Gasteiger partial charge >= 0.3 is 0 Å². The first-order valence-corrected chi connectivity index (χ1v) is 5.98. The van der Waals surface area contributed by atoms with Gasteiger partial charge in [0.05, 0.1) is 6.04 Å². The lowest BCUT2D eigenvalue weighted by molar-refractivity contribution is -0.126. The van der Waals surface area contributed by atoms with E-state index in [4.69, 9.17) is 5.73 Å². The smallest absolute Gasteiger partial charge is 0.247 e. The van der Waals surface area contributed by atoms with Crippen molar-refractivity contribution in [3.63, 3.8) is 0 Å². The van der Waals surface area contributed by atoms with Crippen molar-refractivity contribution in [2.24, 2.45) is 5.73 Å². The number of carbonyl (C=O) groups is 2. The van der Waals surface area contributed by atoms with Gasteiger partial charge in [-0.25, -0.2) is 0 Å². The molecule has 6 heteroatoms. The molecule has 0 aliphatic carbocycles. The molecule has 1 aromatic carbocycles. The molecule has 104 valence electrons. The van der Waals surface area contributed by atoms with E-state index in [0.29, 0.717) is 5.69 Å². The lowest BCUT2D eigenvalue weighted by Gasteiger charge is -2.15. The van der Waals surface area contributed by atoms with Crippen LogP contribution in [0.2, 0.25) is 0 Å². The Labute approximate surface area is 112 Å². The molecule has 0 aliphatic rings. The number of primary amides is 1. The molecule has 2 amide bonds. The van der Waals surface area contributed by atoms with Crippen LogP contribution in [0.15, 0.2) is 24.3 Å². The van der Waals surface area contributed by atoms with E-state index in [9.17, 15) is 14.7 Å². The molecular formula is C13H19N3O3. The van der Waals surface area contributed by atoms with E-state index in [-0.39, 0.29) is 12.5 Å². The number of carbonyl (C=O) groups excluding carboxylic acids is 2. The molecule has 0 saturated carbocycles. The van der Waals surface area contributed by atoms with E-state index < -0.39 is 18.1 Å². The Morgan fingerprint density at radius 3 is 2.42 bits per heavy atom. The van der Waals surface area contributed by atoms with Gasteiger partial charge in [0.25, 0.3) is 0 Å². The maximum absolute atomic E-state index is 11.8. The van der Waals surface area contributed by atoms with Crippen molar-refractivity contribution in [2.45, 2.75) is 26.0 Å². The monoisotopic (exact) mass is 265 g/mol. The molecule has 0 aromatic heterocycles. The third-order valence-corrected chi connectivity index (χ3v) is 2.66. The summed E-state index contributed by atoms with van der Waals surface area (Å²) >= 11 is 0. The van der Waals surface area contributed by atoms with E-state index in [1.165, 1.54) is 0 Å². The summed E-state index contributed by atoms with van der Waals surface area (Å²) in [7, 11) is 0. The second kappa shape index (κ2) is 6.86. The van der Waals surface area contributed by atoms with Crippen LogP contribution >= 0.6 is 0 Å². The molecule has 6 nitrogen and oxygen atoms in total. The first kappa shape index (κ1) is 15.1. The van der Waals surface area contributed by atoms with Crippen LogP contribution in [0.25, 0.3) is 0 Å². The zero-order valence-corrected chi connectivity index (χ0v) is 11.0. The predicted octanol–water partition coefficient (Wildman–Crippen LogP) is -0.242. The van der Waals surface area contributed by atoms with Gasteiger partial charge in [-0.15, -0.1) is 0 Å². The quantitative estimate of drug-likeness (QED) is 0.569. The number of benzene rings is 1. The van der Waals surface area contributed by atoms with E-state index in [0.717, 1.165) is 5.56 Å². The maximum Gasteiger partial charge on any atom is 0.247 e. The predicted molar refractivity (Wildman–Crippen MR) is 72.5 cm³/mol. The average Bonchev–Trinajstić information content (AvgIpc) is 2.37. The average molecular weight is 265 g/mol. The zero-order valence-electron chi connectivity index (χ0n) is 11.0. The van der Waals surface area contributed by atoms with E-state index in [1.54, 1.807) is 19.1 Å². The van der Waals surface area contributed by atoms with Gasteiger partial charge in [-0.1, -0.05) is 17.7 Å². The highest BCUT2D eigenvalue weighted by Crippen LogP contribution is 2.08. The van der Waals surface area contributed by atoms with Crippen LogP contribution in [0.4, 0.5) is 5.69 Å². The summed E-state index contributed by atoms with van der Waals surface area (Å²) in [6, 6.07) is 6.85. The normalized spacial score (nSPS) is 13.6. The van der Waals surface area contributed by atoms with Crippen LogP contribution < -0.4 is 16.4 Å². The zero-order chi connectivity index (χ0) is 14.4. The minimum absolute atomic E-state index is 0.0577. The maximum atomic E-state index is 11.8. The minimum atomic E-state index is -1.30. The molecule has 1 aromatic rings. The second-order valence-corrected chi connectivity index (χ2v) is 4.40. The lowest BCUT2D eigenvalue weighted by atomic mass is 10.2. The summed E-state index contributed by atoms with van der Waals surface area (Å²) in [5, 5.41) is 14.7. The Balaban J connectivity index is 2.44. The Morgan fingerprint density at radius 2 is 1.89 bits per heavy atom. The highest BCUT2D eigenvalue weighted by Gasteiger charge is 2.16. The first-order chi connectivity index (χ1) is 8.90. The molecule has 19 heavy (non-hydrogen) atoms. The fourth-order valence-electron chi connectivity index (χ4n) is 1.37. The highest BCUT2D eigenvalue weighted by molar-refractivity contribution is 5.94. The molecule has 5 N–H and O–H groups in total. The van der Waals surface area contributed by atoms with Gasteiger partial charge in [-0.3, -0.25) is 9.59 Å². The van der Waals surface area contributed by atoms with Crippen LogP contribution in [0, 0.1) is 6.92 Å². The summed E-state index contributed by atoms with van der Waals surface area (Å²) in [6.45, 7) is 3.54. The summed E-state index contributed by atoms with van der Waals surface area (Å²) in [5.74, 6) is -1.07. The van der Waals surface area contributed by atoms with Gasteiger partial charge in [-0.2, -0.15) is 0 Å². The van der Waals surface area contributed by atoms with E-state index >= 15 is 0 Å². The van der Waals surface area contributed by atoms with E-state index in [2.05, 4.69) is 10.6 Å². The molecule has 0 heterocycles. The fourth-order valence-corrected chi connectivity index (χ4v) is 1.37. The van der Waals surface area contributed by atoms with Gasteiger partial charge in [0.1, 0.15) is 6.10 Å². The largest absolute Gasteiger partial charge is 0.382 e. The number of amides is 2. The molecule has 0 saturated heterocycles. The first-order valence-electron chi connectivity index (χ1n) is 5.98. The summed E-state index contributed by atoms with van der Waals surface area (Å²) < 4.78 is 0. The van der Waals surface area contributed by atoms with Gasteiger partial charge in [-0.05, 0) is 26.0 Å². The van der Waals surface area contributed by atoms with Crippen LogP contribution in [-0.2, 0) is 9.59 Å². The van der Waals surface area contributed by atoms with Crippen LogP contribution in [-0.4, -0.2) is 35.6 Å². The van der Waals surface area contributed by atoms with Crippen LogP contribution in [0.5, 0.6) is 0 Å². The second-order valence-electron chi connectivity index (χ2n) is 4.40. The lowest BCUT2D eigenvalue weighted by Crippen LogP contribution is -2.45. The standard InChI is InChI=1S/C13H19N3O3/c1-8-3-5-10(6-4-8)16-13(19)9(2)15-7-11(17)12(14)18/h3-6,9,11,15,17H,7H2,1-2H3,(H2,14,18)(H,16,19). The number of aliphatic hydroxyl groups excluding tert-OH is 1. The summed E-state index contributed by atoms with van der Waals surface area (Å²) in [5.41, 5.74) is 6.71. The minimum Gasteiger partial charge on any atom is -0.382 e. The third kappa shape index (κ3) is 5.07. The topological polar surface area (TPSA) is 104 Å². The van der Waals surface area contributed by atoms with E-state index in [1.807, 2.05) is 19.1 Å². The number of nitrogens with two attached hydrogens (primary N) is 1. The molecule has 2 atom stereocenters. The van der Waals surface area contributed by atoms with Crippen molar-refractivity contribution in [1.82, 2.24) is 5.32 Å². The number of aryl methyl sites for hydroxylation is 1. The summed E-state index contributed by atoms with van der Waals surface area (Å²) in [4.78, 5) is 22.4. The third-order valence-electron chi connectivity index (χ3n) is 2.66. The molecule has 0 bridgehead atoms. The fraction of sp³-hybridized carbons (Fsp3) is 0.385. The molecule has 0 fully saturated rings. The van der Waals surface area contributed by atoms with Gasteiger partial charge < -0.3 is 21.5 Å². The highest BCUT2D eigenvalue weighted by atomic mass is 16.3. The van der Waals surface area contributed by atoms with Gasteiger partial charge in [0.2, 0.25) is 11.8 Å². The van der Waals surface area contributed by atoms with Gasteiger partial charge in [0, 0.05) is 12.2 Å². The van der Waals surface area contributed by atoms with Crippen molar-refractivity contribution in [1.29, 1.82) is 0 Å². The van der Waals surface area contributed by atoms with Gasteiger partial charge in [0.15, 0.2) is 0 Å². The number of hydrogen-bond acceptors (Lipinski definition) is 4. The van der Waals surface area contributed by atoms with Crippen molar-refractivity contribution in [3.05, 3.63) is 29.8 Å². The van der Waals surface area contributed by atoms with Crippen LogP contribution in [0.3, 0.4) is 0 Å². The molecule has 0 spiro atoms. The number of anilines is 1. The molecule has 0 radical (unpaired) electrons. The number of nitrogens with one attached hydrogen (secondary N) is 2. The Bertz CT molecular complexity index is 445. The molecule has 1 rings (SSSR count). The Morgan fingerprint density at radius 1 is 1.32 bits per heavy atom. The Kier molecular flexibility index (Phi) is 5.47. The van der Waals surface area contributed by atoms with Crippen molar-refractivity contribution in [3.8, 4) is 0 Å². The molecular weight excluding hydrogens is 246 g/mol. The SMILES string of the molecule is Cc1ccc(NC(=O)C(C)NCC(O)C(N)=O)cc1.